The third-order valence-electron chi connectivity index (χ3n) is 4.72. The summed E-state index contributed by atoms with van der Waals surface area (Å²) in [4.78, 5) is 16.0. The molecule has 0 saturated carbocycles. The van der Waals surface area contributed by atoms with Crippen molar-refractivity contribution >= 4 is 34.5 Å². The van der Waals surface area contributed by atoms with Crippen molar-refractivity contribution in [2.45, 2.75) is 12.8 Å². The average Bonchev–Trinajstić information content (AvgIpc) is 3.35. The molecule has 154 valence electrons. The largest absolute Gasteiger partial charge is 0.494 e. The number of fused-ring (bicyclic) bond motifs is 2. The molecule has 2 N–H and O–H groups in total. The Balaban J connectivity index is 0.00000240. The Bertz CT molecular complexity index is 967. The van der Waals surface area contributed by atoms with E-state index < -0.39 is 0 Å². The van der Waals surface area contributed by atoms with E-state index in [2.05, 4.69) is 19.9 Å². The second-order valence-corrected chi connectivity index (χ2v) is 6.25. The van der Waals surface area contributed by atoms with Gasteiger partial charge in [0.25, 0.3) is 0 Å². The number of rotatable bonds is 7. The number of halogens is 1. The summed E-state index contributed by atoms with van der Waals surface area (Å²) in [5.74, 6) is 4.53. The van der Waals surface area contributed by atoms with Gasteiger partial charge in [0, 0.05) is 12.8 Å². The quantitative estimate of drug-likeness (QED) is 0.475. The van der Waals surface area contributed by atoms with Crippen LogP contribution < -0.4 is 18.9 Å². The zero-order valence-corrected chi connectivity index (χ0v) is 17.5. The Kier molecular flexibility index (Phi) is 6.03. The van der Waals surface area contributed by atoms with Crippen LogP contribution in [0.3, 0.4) is 0 Å². The molecule has 0 unspecified atom stereocenters. The lowest BCUT2D eigenvalue weighted by atomic mass is 10.2. The van der Waals surface area contributed by atoms with Gasteiger partial charge in [-0.3, -0.25) is 0 Å². The average molecular weight is 419 g/mol. The highest BCUT2D eigenvalue weighted by molar-refractivity contribution is 5.88. The van der Waals surface area contributed by atoms with Gasteiger partial charge in [0.15, 0.2) is 0 Å². The number of imidazole rings is 2. The maximum atomic E-state index is 5.42. The molecule has 0 atom stereocenters. The highest BCUT2D eigenvalue weighted by Gasteiger charge is 2.15. The second kappa shape index (κ2) is 8.48. The van der Waals surface area contributed by atoms with E-state index in [1.165, 1.54) is 0 Å². The molecule has 0 bridgehead atoms. The Morgan fingerprint density at radius 1 is 0.621 bits per heavy atom. The predicted octanol–water partition coefficient (Wildman–Crippen LogP) is 3.68. The minimum Gasteiger partial charge on any atom is -0.494 e. The highest BCUT2D eigenvalue weighted by Crippen LogP contribution is 2.33. The lowest BCUT2D eigenvalue weighted by Crippen LogP contribution is -1.95. The first-order valence-electron chi connectivity index (χ1n) is 8.87. The summed E-state index contributed by atoms with van der Waals surface area (Å²) in [5, 5.41) is 0. The van der Waals surface area contributed by atoms with Crippen molar-refractivity contribution in [3.05, 3.63) is 35.9 Å². The molecule has 29 heavy (non-hydrogen) atoms. The van der Waals surface area contributed by atoms with Gasteiger partial charge in [-0.15, -0.1) is 12.4 Å². The Hall–Kier alpha value is -3.13. The van der Waals surface area contributed by atoms with E-state index in [-0.39, 0.29) is 12.4 Å². The molecular formula is C20H23ClN4O4. The van der Waals surface area contributed by atoms with Gasteiger partial charge >= 0.3 is 0 Å². The van der Waals surface area contributed by atoms with Crippen LogP contribution in [0.2, 0.25) is 0 Å². The summed E-state index contributed by atoms with van der Waals surface area (Å²) in [7, 11) is 6.53. The van der Waals surface area contributed by atoms with Gasteiger partial charge in [-0.2, -0.15) is 0 Å². The first-order valence-corrected chi connectivity index (χ1v) is 8.87. The standard InChI is InChI=1S/C20H22N4O4.ClH/c1-25-11-5-6-12(26-2)18-17(11)21-15(22-18)9-10-16-23-19-13(27-3)7-8-14(28-4)20(19)24-16;/h5-8H,9-10H2,1-4H3,(H,21,22)(H,23,24);1H. The number of nitrogens with zero attached hydrogens (tertiary/aromatic N) is 2. The molecule has 0 fully saturated rings. The highest BCUT2D eigenvalue weighted by atomic mass is 35.5. The minimum absolute atomic E-state index is 0. The van der Waals surface area contributed by atoms with Crippen molar-refractivity contribution in [2.24, 2.45) is 0 Å². The third kappa shape index (κ3) is 3.63. The summed E-state index contributed by atoms with van der Waals surface area (Å²) in [6.45, 7) is 0. The summed E-state index contributed by atoms with van der Waals surface area (Å²) in [5.41, 5.74) is 3.16. The van der Waals surface area contributed by atoms with Gasteiger partial charge in [0.1, 0.15) is 56.7 Å². The van der Waals surface area contributed by atoms with Crippen molar-refractivity contribution in [2.75, 3.05) is 28.4 Å². The molecule has 4 aromatic rings. The van der Waals surface area contributed by atoms with Crippen LogP contribution in [0.4, 0.5) is 0 Å². The van der Waals surface area contributed by atoms with Crippen LogP contribution in [0.15, 0.2) is 24.3 Å². The molecule has 2 heterocycles. The zero-order valence-electron chi connectivity index (χ0n) is 16.7. The second-order valence-electron chi connectivity index (χ2n) is 6.25. The number of hydrogen-bond donors (Lipinski definition) is 2. The molecule has 0 amide bonds. The number of aromatic nitrogens is 4. The Morgan fingerprint density at radius 3 is 1.31 bits per heavy atom. The van der Waals surface area contributed by atoms with Gasteiger partial charge in [-0.1, -0.05) is 0 Å². The van der Waals surface area contributed by atoms with Gasteiger partial charge in [-0.25, -0.2) is 9.97 Å². The summed E-state index contributed by atoms with van der Waals surface area (Å²) in [6.07, 6.45) is 1.34. The normalized spacial score (nSPS) is 10.8. The number of aromatic amines is 2. The molecule has 0 aliphatic carbocycles. The molecule has 0 saturated heterocycles. The molecule has 0 spiro atoms. The van der Waals surface area contributed by atoms with Gasteiger partial charge in [0.2, 0.25) is 0 Å². The summed E-state index contributed by atoms with van der Waals surface area (Å²) in [6, 6.07) is 7.43. The van der Waals surface area contributed by atoms with Crippen LogP contribution in [0.1, 0.15) is 11.6 Å². The van der Waals surface area contributed by atoms with E-state index in [4.69, 9.17) is 18.9 Å². The van der Waals surface area contributed by atoms with Crippen molar-refractivity contribution in [3.63, 3.8) is 0 Å². The van der Waals surface area contributed by atoms with Crippen LogP contribution in [-0.2, 0) is 12.8 Å². The van der Waals surface area contributed by atoms with Crippen molar-refractivity contribution < 1.29 is 18.9 Å². The Morgan fingerprint density at radius 2 is 0.966 bits per heavy atom. The number of hydrogen-bond acceptors (Lipinski definition) is 6. The topological polar surface area (TPSA) is 94.3 Å². The number of methoxy groups -OCH3 is 4. The summed E-state index contributed by atoms with van der Waals surface area (Å²) < 4.78 is 21.7. The van der Waals surface area contributed by atoms with Crippen LogP contribution >= 0.6 is 12.4 Å². The number of benzene rings is 2. The number of ether oxygens (including phenoxy) is 4. The smallest absolute Gasteiger partial charge is 0.146 e. The lowest BCUT2D eigenvalue weighted by Gasteiger charge is -2.04. The monoisotopic (exact) mass is 418 g/mol. The van der Waals surface area contributed by atoms with Crippen LogP contribution in [-0.4, -0.2) is 48.4 Å². The fourth-order valence-corrected chi connectivity index (χ4v) is 3.33. The molecule has 0 radical (unpaired) electrons. The maximum Gasteiger partial charge on any atom is 0.146 e. The molecule has 8 nitrogen and oxygen atoms in total. The van der Waals surface area contributed by atoms with Crippen LogP contribution in [0, 0.1) is 0 Å². The lowest BCUT2D eigenvalue weighted by molar-refractivity contribution is 0.409. The minimum atomic E-state index is 0. The molecule has 2 aromatic heterocycles. The predicted molar refractivity (Wildman–Crippen MR) is 113 cm³/mol. The van der Waals surface area contributed by atoms with Crippen molar-refractivity contribution in [1.82, 2.24) is 19.9 Å². The first-order chi connectivity index (χ1) is 13.7. The fourth-order valence-electron chi connectivity index (χ4n) is 3.33. The van der Waals surface area contributed by atoms with E-state index in [1.807, 2.05) is 24.3 Å². The summed E-state index contributed by atoms with van der Waals surface area (Å²) >= 11 is 0. The molecule has 9 heteroatoms. The first kappa shape index (κ1) is 20.6. The van der Waals surface area contributed by atoms with E-state index in [1.54, 1.807) is 28.4 Å². The number of aryl methyl sites for hydroxylation is 2. The Labute approximate surface area is 174 Å². The van der Waals surface area contributed by atoms with Crippen molar-refractivity contribution in [3.8, 4) is 23.0 Å². The van der Waals surface area contributed by atoms with E-state index in [9.17, 15) is 0 Å². The van der Waals surface area contributed by atoms with Crippen molar-refractivity contribution in [1.29, 1.82) is 0 Å². The molecule has 2 aromatic carbocycles. The fraction of sp³-hybridized carbons (Fsp3) is 0.300. The third-order valence-corrected chi connectivity index (χ3v) is 4.72. The number of H-pyrrole nitrogens is 2. The molecule has 4 rings (SSSR count). The molecular weight excluding hydrogens is 396 g/mol. The van der Waals surface area contributed by atoms with E-state index >= 15 is 0 Å². The van der Waals surface area contributed by atoms with E-state index in [0.29, 0.717) is 24.3 Å². The van der Waals surface area contributed by atoms with Gasteiger partial charge < -0.3 is 28.9 Å². The van der Waals surface area contributed by atoms with Gasteiger partial charge in [0.05, 0.1) is 28.4 Å². The van der Waals surface area contributed by atoms with Crippen LogP contribution in [0.5, 0.6) is 23.0 Å². The number of nitrogens with one attached hydrogen (secondary N) is 2. The van der Waals surface area contributed by atoms with E-state index in [0.717, 1.165) is 45.2 Å². The SMILES string of the molecule is COc1ccc(OC)c2[nH]c(CCc3nc4c(OC)ccc(OC)c4[nH]3)nc12.Cl. The maximum absolute atomic E-state index is 5.42. The van der Waals surface area contributed by atoms with Gasteiger partial charge in [-0.05, 0) is 24.3 Å². The van der Waals surface area contributed by atoms with Crippen LogP contribution in [0.25, 0.3) is 22.1 Å². The molecule has 0 aliphatic heterocycles. The zero-order chi connectivity index (χ0) is 19.7. The molecule has 0 aliphatic rings.